The van der Waals surface area contributed by atoms with Gasteiger partial charge in [0.1, 0.15) is 0 Å². The Labute approximate surface area is 102 Å². The summed E-state index contributed by atoms with van der Waals surface area (Å²) < 4.78 is 0. The molecule has 2 rings (SSSR count). The summed E-state index contributed by atoms with van der Waals surface area (Å²) >= 11 is 0. The molecule has 0 amide bonds. The van der Waals surface area contributed by atoms with Gasteiger partial charge in [0.2, 0.25) is 0 Å². The number of aromatic nitrogens is 1. The van der Waals surface area contributed by atoms with Gasteiger partial charge >= 0.3 is 0 Å². The van der Waals surface area contributed by atoms with E-state index in [-0.39, 0.29) is 0 Å². The molecule has 3 heteroatoms. The number of aryl methyl sites for hydroxylation is 1. The van der Waals surface area contributed by atoms with Crippen LogP contribution in [0.25, 0.3) is 0 Å². The normalized spacial score (nSPS) is 10.2. The highest BCUT2D eigenvalue weighted by Crippen LogP contribution is 2.22. The first kappa shape index (κ1) is 11.5. The summed E-state index contributed by atoms with van der Waals surface area (Å²) in [5.74, 6) is 0. The molecule has 0 unspecified atom stereocenters. The zero-order chi connectivity index (χ0) is 12.3. The van der Waals surface area contributed by atoms with Crippen LogP contribution in [0.3, 0.4) is 0 Å². The van der Waals surface area contributed by atoms with Crippen LogP contribution in [-0.4, -0.2) is 12.0 Å². The molecule has 0 saturated heterocycles. The van der Waals surface area contributed by atoms with Gasteiger partial charge in [0.25, 0.3) is 0 Å². The third-order valence-corrected chi connectivity index (χ3v) is 2.77. The number of rotatable bonds is 3. The maximum absolute atomic E-state index is 5.82. The van der Waals surface area contributed by atoms with Crippen molar-refractivity contribution in [2.75, 3.05) is 17.7 Å². The van der Waals surface area contributed by atoms with E-state index in [4.69, 9.17) is 5.73 Å². The molecule has 1 aromatic carbocycles. The number of benzene rings is 1. The Bertz CT molecular complexity index is 494. The van der Waals surface area contributed by atoms with Crippen LogP contribution in [0.15, 0.2) is 42.6 Å². The van der Waals surface area contributed by atoms with Gasteiger partial charge in [-0.25, -0.2) is 0 Å². The fraction of sp³-hybridized carbons (Fsp3) is 0.214. The summed E-state index contributed by atoms with van der Waals surface area (Å²) in [6, 6.07) is 11.9. The van der Waals surface area contributed by atoms with Crippen molar-refractivity contribution in [1.82, 2.24) is 4.98 Å². The molecule has 3 nitrogen and oxygen atoms in total. The first-order chi connectivity index (χ1) is 8.16. The number of nitrogens with zero attached hydrogens (tertiary/aromatic N) is 2. The predicted molar refractivity (Wildman–Crippen MR) is 71.9 cm³/mol. The van der Waals surface area contributed by atoms with Crippen LogP contribution in [-0.2, 0) is 6.54 Å². The summed E-state index contributed by atoms with van der Waals surface area (Å²) in [7, 11) is 2.05. The van der Waals surface area contributed by atoms with Gasteiger partial charge < -0.3 is 10.6 Å². The monoisotopic (exact) mass is 227 g/mol. The van der Waals surface area contributed by atoms with Crippen molar-refractivity contribution in [3.8, 4) is 0 Å². The molecule has 2 aromatic rings. The molecule has 17 heavy (non-hydrogen) atoms. The molecule has 88 valence electrons. The van der Waals surface area contributed by atoms with Crippen LogP contribution in [0.2, 0.25) is 0 Å². The van der Waals surface area contributed by atoms with E-state index in [9.17, 15) is 0 Å². The van der Waals surface area contributed by atoms with E-state index in [1.165, 1.54) is 5.56 Å². The first-order valence-corrected chi connectivity index (χ1v) is 5.64. The molecule has 0 radical (unpaired) electrons. The number of anilines is 2. The van der Waals surface area contributed by atoms with Gasteiger partial charge in [0, 0.05) is 24.6 Å². The number of hydrogen-bond acceptors (Lipinski definition) is 3. The summed E-state index contributed by atoms with van der Waals surface area (Å²) in [5, 5.41) is 0. The Morgan fingerprint density at radius 3 is 2.76 bits per heavy atom. The number of nitrogens with two attached hydrogens (primary N) is 1. The highest BCUT2D eigenvalue weighted by Gasteiger charge is 2.06. The molecule has 0 bridgehead atoms. The summed E-state index contributed by atoms with van der Waals surface area (Å²) in [6.45, 7) is 2.87. The summed E-state index contributed by atoms with van der Waals surface area (Å²) in [4.78, 5) is 6.48. The quantitative estimate of drug-likeness (QED) is 0.819. The molecule has 1 aromatic heterocycles. The fourth-order valence-corrected chi connectivity index (χ4v) is 1.86. The van der Waals surface area contributed by atoms with Crippen molar-refractivity contribution in [1.29, 1.82) is 0 Å². The van der Waals surface area contributed by atoms with Crippen LogP contribution in [0.1, 0.15) is 11.3 Å². The lowest BCUT2D eigenvalue weighted by Crippen LogP contribution is -2.18. The Balaban J connectivity index is 2.20. The van der Waals surface area contributed by atoms with Crippen molar-refractivity contribution >= 4 is 11.4 Å². The van der Waals surface area contributed by atoms with E-state index in [0.717, 1.165) is 23.6 Å². The number of hydrogen-bond donors (Lipinski definition) is 1. The van der Waals surface area contributed by atoms with E-state index in [0.29, 0.717) is 0 Å². The van der Waals surface area contributed by atoms with Gasteiger partial charge in [-0.1, -0.05) is 12.1 Å². The minimum Gasteiger partial charge on any atom is -0.399 e. The zero-order valence-electron chi connectivity index (χ0n) is 10.2. The van der Waals surface area contributed by atoms with Gasteiger partial charge in [-0.05, 0) is 36.8 Å². The third-order valence-electron chi connectivity index (χ3n) is 2.77. The molecule has 0 fully saturated rings. The molecular formula is C14H17N3. The lowest BCUT2D eigenvalue weighted by atomic mass is 10.1. The van der Waals surface area contributed by atoms with Crippen LogP contribution in [0, 0.1) is 6.92 Å². The second-order valence-corrected chi connectivity index (χ2v) is 4.22. The van der Waals surface area contributed by atoms with E-state index in [2.05, 4.69) is 23.9 Å². The summed E-state index contributed by atoms with van der Waals surface area (Å²) in [5.41, 5.74) is 10.0. The first-order valence-electron chi connectivity index (χ1n) is 5.64. The molecule has 0 aliphatic carbocycles. The standard InChI is InChI=1S/C14H17N3/c1-11-6-7-12(15)9-14(11)17(2)10-13-5-3-4-8-16-13/h3-9H,10,15H2,1-2H3. The number of nitrogen functional groups attached to an aromatic ring is 1. The zero-order valence-corrected chi connectivity index (χ0v) is 10.2. The lowest BCUT2D eigenvalue weighted by molar-refractivity contribution is 0.881. The molecule has 0 aliphatic rings. The Morgan fingerprint density at radius 2 is 2.06 bits per heavy atom. The van der Waals surface area contributed by atoms with Crippen molar-refractivity contribution in [3.05, 3.63) is 53.9 Å². The number of pyridine rings is 1. The van der Waals surface area contributed by atoms with Gasteiger partial charge in [-0.3, -0.25) is 4.98 Å². The van der Waals surface area contributed by atoms with Gasteiger partial charge in [-0.15, -0.1) is 0 Å². The van der Waals surface area contributed by atoms with E-state index in [1.807, 2.05) is 42.6 Å². The molecule has 0 atom stereocenters. The van der Waals surface area contributed by atoms with Gasteiger partial charge in [0.15, 0.2) is 0 Å². The van der Waals surface area contributed by atoms with Crippen molar-refractivity contribution in [3.63, 3.8) is 0 Å². The highest BCUT2D eigenvalue weighted by atomic mass is 15.1. The second-order valence-electron chi connectivity index (χ2n) is 4.22. The van der Waals surface area contributed by atoms with Crippen molar-refractivity contribution < 1.29 is 0 Å². The van der Waals surface area contributed by atoms with Gasteiger partial charge in [0.05, 0.1) is 12.2 Å². The molecular weight excluding hydrogens is 210 g/mol. The highest BCUT2D eigenvalue weighted by molar-refractivity contribution is 5.60. The topological polar surface area (TPSA) is 42.1 Å². The average Bonchev–Trinajstić information content (AvgIpc) is 2.33. The largest absolute Gasteiger partial charge is 0.399 e. The molecule has 1 heterocycles. The van der Waals surface area contributed by atoms with Crippen molar-refractivity contribution in [2.24, 2.45) is 0 Å². The SMILES string of the molecule is Cc1ccc(N)cc1N(C)Cc1ccccn1. The van der Waals surface area contributed by atoms with E-state index in [1.54, 1.807) is 0 Å². The maximum atomic E-state index is 5.82. The predicted octanol–water partition coefficient (Wildman–Crippen LogP) is 2.61. The Hall–Kier alpha value is -2.03. The van der Waals surface area contributed by atoms with Crippen molar-refractivity contribution in [2.45, 2.75) is 13.5 Å². The lowest BCUT2D eigenvalue weighted by Gasteiger charge is -2.21. The second kappa shape index (κ2) is 4.87. The van der Waals surface area contributed by atoms with Gasteiger partial charge in [-0.2, -0.15) is 0 Å². The van der Waals surface area contributed by atoms with Crippen LogP contribution in [0.5, 0.6) is 0 Å². The van der Waals surface area contributed by atoms with Crippen LogP contribution in [0.4, 0.5) is 11.4 Å². The van der Waals surface area contributed by atoms with E-state index < -0.39 is 0 Å². The minimum atomic E-state index is 0.783. The molecule has 0 aliphatic heterocycles. The van der Waals surface area contributed by atoms with Crippen LogP contribution >= 0.6 is 0 Å². The fourth-order valence-electron chi connectivity index (χ4n) is 1.86. The van der Waals surface area contributed by atoms with Crippen LogP contribution < -0.4 is 10.6 Å². The average molecular weight is 227 g/mol. The Morgan fingerprint density at radius 1 is 1.24 bits per heavy atom. The summed E-state index contributed by atoms with van der Waals surface area (Å²) in [6.07, 6.45) is 1.81. The molecule has 0 spiro atoms. The molecule has 2 N–H and O–H groups in total. The third kappa shape index (κ3) is 2.75. The maximum Gasteiger partial charge on any atom is 0.0598 e. The minimum absolute atomic E-state index is 0.783. The molecule has 0 saturated carbocycles. The van der Waals surface area contributed by atoms with E-state index >= 15 is 0 Å². The Kier molecular flexibility index (Phi) is 3.28. The smallest absolute Gasteiger partial charge is 0.0598 e.